The average molecular weight is 273 g/mol. The van der Waals surface area contributed by atoms with Crippen LogP contribution in [0.1, 0.15) is 13.8 Å². The molecule has 3 N–H and O–H groups in total. The molecule has 0 aromatic carbocycles. The molecule has 8 nitrogen and oxygen atoms in total. The van der Waals surface area contributed by atoms with Gasteiger partial charge in [-0.3, -0.25) is 10.2 Å². The predicted molar refractivity (Wildman–Crippen MR) is 66.2 cm³/mol. The van der Waals surface area contributed by atoms with Gasteiger partial charge in [-0.2, -0.15) is 15.0 Å². The van der Waals surface area contributed by atoms with Crippen molar-refractivity contribution in [1.29, 1.82) is 0 Å². The van der Waals surface area contributed by atoms with Crippen LogP contribution in [-0.4, -0.2) is 39.9 Å². The van der Waals surface area contributed by atoms with Crippen molar-refractivity contribution in [3.8, 4) is 6.01 Å². The Balaban J connectivity index is 2.68. The van der Waals surface area contributed by atoms with Crippen LogP contribution in [0, 0.1) is 0 Å². The molecule has 0 saturated carbocycles. The van der Waals surface area contributed by atoms with Crippen LogP contribution in [0.2, 0.25) is 0 Å². The highest BCUT2D eigenvalue weighted by molar-refractivity contribution is 7.99. The van der Waals surface area contributed by atoms with Gasteiger partial charge in [0.25, 0.3) is 0 Å². The Morgan fingerprint density at radius 2 is 2.11 bits per heavy atom. The molecule has 0 aliphatic rings. The van der Waals surface area contributed by atoms with Gasteiger partial charge in [0, 0.05) is 0 Å². The number of ether oxygens (including phenoxy) is 2. The van der Waals surface area contributed by atoms with Gasteiger partial charge < -0.3 is 9.47 Å². The quantitative estimate of drug-likeness (QED) is 0.311. The van der Waals surface area contributed by atoms with E-state index >= 15 is 0 Å². The summed E-state index contributed by atoms with van der Waals surface area (Å²) in [6.45, 7) is 4.33. The highest BCUT2D eigenvalue weighted by Gasteiger charge is 2.10. The maximum atomic E-state index is 11.2. The van der Waals surface area contributed by atoms with E-state index in [0.717, 1.165) is 11.8 Å². The zero-order valence-electron chi connectivity index (χ0n) is 10.2. The van der Waals surface area contributed by atoms with Crippen LogP contribution in [0.3, 0.4) is 0 Å². The number of thioether (sulfide) groups is 1. The zero-order valence-corrected chi connectivity index (χ0v) is 11.0. The van der Waals surface area contributed by atoms with Crippen LogP contribution in [0.4, 0.5) is 5.95 Å². The molecular weight excluding hydrogens is 258 g/mol. The van der Waals surface area contributed by atoms with E-state index in [1.807, 2.05) is 6.92 Å². The lowest BCUT2D eigenvalue weighted by molar-refractivity contribution is -0.139. The standard InChI is InChI=1S/C9H15N5O3S/c1-3-16-6(15)5-18-9-12-7(14-10)11-8(13-9)17-4-2/h3-5,10H2,1-2H3,(H,11,12,13,14). The fraction of sp³-hybridized carbons (Fsp3) is 0.556. The van der Waals surface area contributed by atoms with Gasteiger partial charge in [-0.1, -0.05) is 11.8 Å². The van der Waals surface area contributed by atoms with Crippen molar-refractivity contribution in [2.45, 2.75) is 19.0 Å². The van der Waals surface area contributed by atoms with E-state index in [9.17, 15) is 4.79 Å². The number of nitrogens with one attached hydrogen (secondary N) is 1. The SMILES string of the molecule is CCOC(=O)CSc1nc(NN)nc(OCC)n1. The van der Waals surface area contributed by atoms with E-state index in [1.165, 1.54) is 0 Å². The predicted octanol–water partition coefficient (Wildman–Crippen LogP) is 0.211. The molecule has 0 unspecified atom stereocenters. The van der Waals surface area contributed by atoms with Gasteiger partial charge in [0.2, 0.25) is 5.95 Å². The molecule has 0 bridgehead atoms. The molecule has 0 fully saturated rings. The number of hydrazine groups is 1. The molecule has 0 spiro atoms. The fourth-order valence-electron chi connectivity index (χ4n) is 0.987. The molecule has 0 atom stereocenters. The maximum Gasteiger partial charge on any atom is 0.322 e. The highest BCUT2D eigenvalue weighted by atomic mass is 32.2. The summed E-state index contributed by atoms with van der Waals surface area (Å²) >= 11 is 1.13. The number of nitrogen functional groups attached to an aromatic ring is 1. The normalized spacial score (nSPS) is 9.94. The number of hydrogen-bond acceptors (Lipinski definition) is 9. The number of carbonyl (C=O) groups is 1. The van der Waals surface area contributed by atoms with Gasteiger partial charge in [-0.25, -0.2) is 5.84 Å². The average Bonchev–Trinajstić information content (AvgIpc) is 2.37. The van der Waals surface area contributed by atoms with Crippen LogP contribution in [0.25, 0.3) is 0 Å². The Hall–Kier alpha value is -1.61. The number of aromatic nitrogens is 3. The Kier molecular flexibility index (Phi) is 6.15. The first-order valence-corrected chi connectivity index (χ1v) is 6.32. The third-order valence-corrected chi connectivity index (χ3v) is 2.44. The van der Waals surface area contributed by atoms with Crippen molar-refractivity contribution in [3.63, 3.8) is 0 Å². The third kappa shape index (κ3) is 4.72. The van der Waals surface area contributed by atoms with E-state index < -0.39 is 0 Å². The molecule has 0 aliphatic carbocycles. The van der Waals surface area contributed by atoms with E-state index in [1.54, 1.807) is 6.92 Å². The molecule has 1 rings (SSSR count). The summed E-state index contributed by atoms with van der Waals surface area (Å²) in [6, 6.07) is 0.159. The second-order valence-corrected chi connectivity index (χ2v) is 3.84. The fourth-order valence-corrected chi connectivity index (χ4v) is 1.61. The van der Waals surface area contributed by atoms with Crippen LogP contribution in [0.5, 0.6) is 6.01 Å². The molecule has 9 heteroatoms. The summed E-state index contributed by atoms with van der Waals surface area (Å²) in [7, 11) is 0. The van der Waals surface area contributed by atoms with Gasteiger partial charge in [0.1, 0.15) is 0 Å². The lowest BCUT2D eigenvalue weighted by Gasteiger charge is -2.06. The Morgan fingerprint density at radius 1 is 1.33 bits per heavy atom. The Labute approximate surface area is 109 Å². The largest absolute Gasteiger partial charge is 0.465 e. The molecule has 0 aliphatic heterocycles. The zero-order chi connectivity index (χ0) is 13.4. The van der Waals surface area contributed by atoms with E-state index in [4.69, 9.17) is 15.3 Å². The number of hydrogen-bond donors (Lipinski definition) is 2. The topological polar surface area (TPSA) is 112 Å². The summed E-state index contributed by atoms with van der Waals surface area (Å²) in [6.07, 6.45) is 0. The number of carbonyl (C=O) groups excluding carboxylic acids is 1. The maximum absolute atomic E-state index is 11.2. The highest BCUT2D eigenvalue weighted by Crippen LogP contribution is 2.17. The Bertz CT molecular complexity index is 404. The summed E-state index contributed by atoms with van der Waals surface area (Å²) < 4.78 is 9.95. The summed E-state index contributed by atoms with van der Waals surface area (Å²) in [4.78, 5) is 23.1. The molecule has 100 valence electrons. The smallest absolute Gasteiger partial charge is 0.322 e. The first kappa shape index (κ1) is 14.5. The van der Waals surface area contributed by atoms with Crippen molar-refractivity contribution < 1.29 is 14.3 Å². The van der Waals surface area contributed by atoms with Crippen LogP contribution >= 0.6 is 11.8 Å². The van der Waals surface area contributed by atoms with Gasteiger partial charge >= 0.3 is 12.0 Å². The van der Waals surface area contributed by atoms with E-state index in [0.29, 0.717) is 18.4 Å². The number of nitrogens with two attached hydrogens (primary N) is 1. The van der Waals surface area contributed by atoms with Gasteiger partial charge in [-0.15, -0.1) is 0 Å². The van der Waals surface area contributed by atoms with E-state index in [2.05, 4.69) is 20.4 Å². The Morgan fingerprint density at radius 3 is 2.72 bits per heavy atom. The number of anilines is 1. The lowest BCUT2D eigenvalue weighted by Crippen LogP contribution is -2.13. The first-order valence-electron chi connectivity index (χ1n) is 5.33. The molecule has 0 radical (unpaired) electrons. The minimum Gasteiger partial charge on any atom is -0.465 e. The molecule has 1 heterocycles. The molecule has 1 aromatic rings. The minimum absolute atomic E-state index is 0.118. The number of esters is 1. The van der Waals surface area contributed by atoms with Crippen LogP contribution in [0.15, 0.2) is 5.16 Å². The molecule has 0 saturated heterocycles. The van der Waals surface area contributed by atoms with Crippen LogP contribution in [-0.2, 0) is 9.53 Å². The molecular formula is C9H15N5O3S. The summed E-state index contributed by atoms with van der Waals surface area (Å²) in [5, 5.41) is 0.342. The van der Waals surface area contributed by atoms with Crippen molar-refractivity contribution >= 4 is 23.7 Å². The van der Waals surface area contributed by atoms with Crippen LogP contribution < -0.4 is 16.0 Å². The number of nitrogens with zero attached hydrogens (tertiary/aromatic N) is 3. The number of rotatable bonds is 7. The van der Waals surface area contributed by atoms with Crippen molar-refractivity contribution in [2.24, 2.45) is 5.84 Å². The molecule has 0 amide bonds. The van der Waals surface area contributed by atoms with Gasteiger partial charge in [0.15, 0.2) is 5.16 Å². The molecule has 18 heavy (non-hydrogen) atoms. The lowest BCUT2D eigenvalue weighted by atomic mass is 10.8. The second-order valence-electron chi connectivity index (χ2n) is 2.90. The van der Waals surface area contributed by atoms with Crippen molar-refractivity contribution in [3.05, 3.63) is 0 Å². The van der Waals surface area contributed by atoms with Gasteiger partial charge in [0.05, 0.1) is 19.0 Å². The molecule has 1 aromatic heterocycles. The van der Waals surface area contributed by atoms with Gasteiger partial charge in [-0.05, 0) is 13.8 Å². The van der Waals surface area contributed by atoms with Crippen molar-refractivity contribution in [2.75, 3.05) is 24.4 Å². The summed E-state index contributed by atoms with van der Waals surface area (Å²) in [5.74, 6) is 5.20. The minimum atomic E-state index is -0.330. The first-order chi connectivity index (χ1) is 8.69. The monoisotopic (exact) mass is 273 g/mol. The summed E-state index contributed by atoms with van der Waals surface area (Å²) in [5.41, 5.74) is 2.31. The van der Waals surface area contributed by atoms with E-state index in [-0.39, 0.29) is 23.7 Å². The second kappa shape index (κ2) is 7.67. The third-order valence-electron chi connectivity index (χ3n) is 1.62. The van der Waals surface area contributed by atoms with Crippen molar-refractivity contribution in [1.82, 2.24) is 15.0 Å².